The Morgan fingerprint density at radius 2 is 2.05 bits per heavy atom. The molecule has 0 spiro atoms. The van der Waals surface area contributed by atoms with E-state index in [0.29, 0.717) is 12.2 Å². The molecule has 0 aromatic heterocycles. The van der Waals surface area contributed by atoms with Gasteiger partial charge in [-0.05, 0) is 42.3 Å². The van der Waals surface area contributed by atoms with Crippen molar-refractivity contribution in [2.45, 2.75) is 13.5 Å². The Kier molecular flexibility index (Phi) is 4.63. The number of halogens is 1. The van der Waals surface area contributed by atoms with Crippen molar-refractivity contribution in [3.63, 3.8) is 0 Å². The summed E-state index contributed by atoms with van der Waals surface area (Å²) in [4.78, 5) is 11.8. The maximum atomic E-state index is 11.8. The summed E-state index contributed by atoms with van der Waals surface area (Å²) in [6.07, 6.45) is 0. The fourth-order valence-electron chi connectivity index (χ4n) is 1.74. The molecule has 0 aliphatic rings. The highest BCUT2D eigenvalue weighted by Crippen LogP contribution is 2.23. The van der Waals surface area contributed by atoms with Gasteiger partial charge in [0.15, 0.2) is 0 Å². The molecule has 104 valence electrons. The Labute approximate surface area is 126 Å². The standard InChI is InChI=1S/C15H15BrN2O2/c1-10-5-6-13(14(19)7-10)18-15(20)17-9-11-3-2-4-12(16)8-11/h2-8,19H,9H2,1H3,(H2,17,18,20). The molecule has 0 saturated heterocycles. The number of anilines is 1. The van der Waals surface area contributed by atoms with Gasteiger partial charge in [-0.2, -0.15) is 0 Å². The number of phenols is 1. The number of carbonyl (C=O) groups excluding carboxylic acids is 1. The van der Waals surface area contributed by atoms with E-state index in [1.165, 1.54) is 0 Å². The van der Waals surface area contributed by atoms with Gasteiger partial charge in [-0.1, -0.05) is 34.1 Å². The van der Waals surface area contributed by atoms with E-state index in [1.54, 1.807) is 12.1 Å². The zero-order valence-electron chi connectivity index (χ0n) is 11.0. The van der Waals surface area contributed by atoms with E-state index >= 15 is 0 Å². The number of carbonyl (C=O) groups is 1. The van der Waals surface area contributed by atoms with E-state index in [9.17, 15) is 9.90 Å². The van der Waals surface area contributed by atoms with E-state index in [4.69, 9.17) is 0 Å². The monoisotopic (exact) mass is 334 g/mol. The van der Waals surface area contributed by atoms with Crippen molar-refractivity contribution in [2.24, 2.45) is 0 Å². The normalized spacial score (nSPS) is 10.1. The predicted molar refractivity (Wildman–Crippen MR) is 82.8 cm³/mol. The van der Waals surface area contributed by atoms with E-state index in [-0.39, 0.29) is 11.8 Å². The number of aryl methyl sites for hydroxylation is 1. The lowest BCUT2D eigenvalue weighted by Crippen LogP contribution is -2.28. The van der Waals surface area contributed by atoms with Crippen molar-refractivity contribution in [1.29, 1.82) is 0 Å². The topological polar surface area (TPSA) is 61.4 Å². The van der Waals surface area contributed by atoms with Crippen LogP contribution in [0.4, 0.5) is 10.5 Å². The number of rotatable bonds is 3. The van der Waals surface area contributed by atoms with Gasteiger partial charge in [0.2, 0.25) is 0 Å². The van der Waals surface area contributed by atoms with Crippen molar-refractivity contribution in [1.82, 2.24) is 5.32 Å². The van der Waals surface area contributed by atoms with Crippen LogP contribution in [0.3, 0.4) is 0 Å². The van der Waals surface area contributed by atoms with E-state index in [2.05, 4.69) is 26.6 Å². The molecule has 2 amide bonds. The molecule has 20 heavy (non-hydrogen) atoms. The SMILES string of the molecule is Cc1ccc(NC(=O)NCc2cccc(Br)c2)c(O)c1. The third kappa shape index (κ3) is 3.99. The van der Waals surface area contributed by atoms with Gasteiger partial charge in [0.1, 0.15) is 5.75 Å². The van der Waals surface area contributed by atoms with E-state index in [1.807, 2.05) is 37.3 Å². The van der Waals surface area contributed by atoms with Crippen molar-refractivity contribution in [3.8, 4) is 5.75 Å². The molecule has 0 radical (unpaired) electrons. The molecule has 0 fully saturated rings. The minimum atomic E-state index is -0.357. The molecule has 0 atom stereocenters. The maximum absolute atomic E-state index is 11.8. The van der Waals surface area contributed by atoms with Crippen LogP contribution in [-0.4, -0.2) is 11.1 Å². The highest BCUT2D eigenvalue weighted by molar-refractivity contribution is 9.10. The number of benzene rings is 2. The minimum absolute atomic E-state index is 0.0580. The Balaban J connectivity index is 1.92. The van der Waals surface area contributed by atoms with Gasteiger partial charge in [0, 0.05) is 11.0 Å². The largest absolute Gasteiger partial charge is 0.506 e. The van der Waals surface area contributed by atoms with Gasteiger partial charge < -0.3 is 15.7 Å². The second-order valence-corrected chi connectivity index (χ2v) is 5.37. The zero-order chi connectivity index (χ0) is 14.5. The van der Waals surface area contributed by atoms with Crippen LogP contribution in [0, 0.1) is 6.92 Å². The van der Waals surface area contributed by atoms with Gasteiger partial charge >= 0.3 is 6.03 Å². The third-order valence-corrected chi connectivity index (χ3v) is 3.24. The molecular formula is C15H15BrN2O2. The first kappa shape index (κ1) is 14.4. The first-order chi connectivity index (χ1) is 9.54. The van der Waals surface area contributed by atoms with Crippen LogP contribution in [0.25, 0.3) is 0 Å². The Morgan fingerprint density at radius 1 is 1.25 bits per heavy atom. The third-order valence-electron chi connectivity index (χ3n) is 2.74. The molecule has 2 aromatic carbocycles. The second-order valence-electron chi connectivity index (χ2n) is 4.46. The number of nitrogens with one attached hydrogen (secondary N) is 2. The van der Waals surface area contributed by atoms with E-state index < -0.39 is 0 Å². The summed E-state index contributed by atoms with van der Waals surface area (Å²) < 4.78 is 0.966. The zero-order valence-corrected chi connectivity index (χ0v) is 12.6. The predicted octanol–water partition coefficient (Wildman–Crippen LogP) is 3.78. The molecule has 0 aliphatic carbocycles. The summed E-state index contributed by atoms with van der Waals surface area (Å²) in [6.45, 7) is 2.29. The first-order valence-corrected chi connectivity index (χ1v) is 6.93. The lowest BCUT2D eigenvalue weighted by Gasteiger charge is -2.09. The first-order valence-electron chi connectivity index (χ1n) is 6.13. The number of urea groups is 1. The molecule has 0 unspecified atom stereocenters. The number of hydrogen-bond acceptors (Lipinski definition) is 2. The summed E-state index contributed by atoms with van der Waals surface area (Å²) in [5, 5.41) is 15.1. The number of phenolic OH excluding ortho intramolecular Hbond substituents is 1. The Morgan fingerprint density at radius 3 is 2.75 bits per heavy atom. The lowest BCUT2D eigenvalue weighted by molar-refractivity contribution is 0.251. The molecule has 2 rings (SSSR count). The maximum Gasteiger partial charge on any atom is 0.319 e. The van der Waals surface area contributed by atoms with Gasteiger partial charge in [-0.15, -0.1) is 0 Å². The van der Waals surface area contributed by atoms with Crippen molar-refractivity contribution in [2.75, 3.05) is 5.32 Å². The van der Waals surface area contributed by atoms with Crippen LogP contribution in [0.2, 0.25) is 0 Å². The number of aromatic hydroxyl groups is 1. The van der Waals surface area contributed by atoms with Crippen molar-refractivity contribution >= 4 is 27.6 Å². The van der Waals surface area contributed by atoms with Crippen LogP contribution in [0.1, 0.15) is 11.1 Å². The lowest BCUT2D eigenvalue weighted by atomic mass is 10.2. The van der Waals surface area contributed by atoms with Gasteiger partial charge in [-0.25, -0.2) is 4.79 Å². The molecule has 3 N–H and O–H groups in total. The number of amides is 2. The smallest absolute Gasteiger partial charge is 0.319 e. The van der Waals surface area contributed by atoms with Gasteiger partial charge in [0.25, 0.3) is 0 Å². The van der Waals surface area contributed by atoms with Gasteiger partial charge in [-0.3, -0.25) is 0 Å². The molecule has 0 bridgehead atoms. The fraction of sp³-hybridized carbons (Fsp3) is 0.133. The van der Waals surface area contributed by atoms with Crippen LogP contribution >= 0.6 is 15.9 Å². The van der Waals surface area contributed by atoms with Crippen LogP contribution in [0.5, 0.6) is 5.75 Å². The van der Waals surface area contributed by atoms with Crippen LogP contribution < -0.4 is 10.6 Å². The van der Waals surface area contributed by atoms with Crippen molar-refractivity contribution in [3.05, 3.63) is 58.1 Å². The molecule has 5 heteroatoms. The summed E-state index contributed by atoms with van der Waals surface area (Å²) in [6, 6.07) is 12.4. The van der Waals surface area contributed by atoms with Crippen LogP contribution in [-0.2, 0) is 6.54 Å². The molecule has 0 saturated carbocycles. The molecule has 4 nitrogen and oxygen atoms in total. The average molecular weight is 335 g/mol. The summed E-state index contributed by atoms with van der Waals surface area (Å²) in [5.41, 5.74) is 2.31. The Bertz CT molecular complexity index is 629. The van der Waals surface area contributed by atoms with Crippen LogP contribution in [0.15, 0.2) is 46.9 Å². The highest BCUT2D eigenvalue weighted by Gasteiger charge is 2.06. The molecular weight excluding hydrogens is 320 g/mol. The Hall–Kier alpha value is -2.01. The highest BCUT2D eigenvalue weighted by atomic mass is 79.9. The summed E-state index contributed by atoms with van der Waals surface area (Å²) in [5.74, 6) is 0.0580. The quantitative estimate of drug-likeness (QED) is 0.748. The molecule has 0 heterocycles. The summed E-state index contributed by atoms with van der Waals surface area (Å²) >= 11 is 3.38. The average Bonchev–Trinajstić information content (AvgIpc) is 2.40. The summed E-state index contributed by atoms with van der Waals surface area (Å²) in [7, 11) is 0. The second kappa shape index (κ2) is 6.43. The molecule has 0 aliphatic heterocycles. The minimum Gasteiger partial charge on any atom is -0.506 e. The number of hydrogen-bond donors (Lipinski definition) is 3. The van der Waals surface area contributed by atoms with Crippen molar-refractivity contribution < 1.29 is 9.90 Å². The van der Waals surface area contributed by atoms with Gasteiger partial charge in [0.05, 0.1) is 5.69 Å². The van der Waals surface area contributed by atoms with E-state index in [0.717, 1.165) is 15.6 Å². The molecule has 2 aromatic rings. The fourth-order valence-corrected chi connectivity index (χ4v) is 2.19.